The predicted molar refractivity (Wildman–Crippen MR) is 98.0 cm³/mol. The van der Waals surface area contributed by atoms with Crippen LogP contribution in [0.15, 0.2) is 36.5 Å². The molecule has 1 aliphatic rings. The van der Waals surface area contributed by atoms with Gasteiger partial charge in [0.25, 0.3) is 5.91 Å². The first kappa shape index (κ1) is 17.6. The lowest BCUT2D eigenvalue weighted by Gasteiger charge is -2.28. The van der Waals surface area contributed by atoms with Gasteiger partial charge in [-0.15, -0.1) is 0 Å². The summed E-state index contributed by atoms with van der Waals surface area (Å²) in [5, 5.41) is 3.07. The molecule has 1 atom stereocenters. The average Bonchev–Trinajstić information content (AvgIpc) is 3.39. The molecule has 1 saturated carbocycles. The lowest BCUT2D eigenvalue weighted by molar-refractivity contribution is 0.0910. The van der Waals surface area contributed by atoms with Crippen LogP contribution in [0.2, 0.25) is 0 Å². The summed E-state index contributed by atoms with van der Waals surface area (Å²) >= 11 is 0. The largest absolute Gasteiger partial charge is 0.349 e. The molecule has 1 heterocycles. The third kappa shape index (κ3) is 4.06. The number of rotatable bonds is 4. The summed E-state index contributed by atoms with van der Waals surface area (Å²) in [5.41, 5.74) is 3.66. The standard InChI is InChI=1S/C21H25FN2O/c1-13(21(2,3)4)24-20(25)15-7-9-17(14-5-6-14)18(11-15)16-8-10-19(22)23-12-16/h7-14H,5-6H2,1-4H3,(H,24,25). The molecule has 1 unspecified atom stereocenters. The van der Waals surface area contributed by atoms with Crippen molar-refractivity contribution in [2.45, 2.75) is 52.5 Å². The highest BCUT2D eigenvalue weighted by Gasteiger charge is 2.28. The van der Waals surface area contributed by atoms with Gasteiger partial charge in [-0.25, -0.2) is 4.98 Å². The van der Waals surface area contributed by atoms with E-state index in [4.69, 9.17) is 0 Å². The minimum Gasteiger partial charge on any atom is -0.349 e. The lowest BCUT2D eigenvalue weighted by Crippen LogP contribution is -2.41. The zero-order chi connectivity index (χ0) is 18.2. The smallest absolute Gasteiger partial charge is 0.251 e. The molecule has 132 valence electrons. The molecule has 4 heteroatoms. The summed E-state index contributed by atoms with van der Waals surface area (Å²) in [4.78, 5) is 16.4. The van der Waals surface area contributed by atoms with E-state index in [9.17, 15) is 9.18 Å². The summed E-state index contributed by atoms with van der Waals surface area (Å²) in [7, 11) is 0. The topological polar surface area (TPSA) is 42.0 Å². The van der Waals surface area contributed by atoms with E-state index in [0.29, 0.717) is 11.5 Å². The van der Waals surface area contributed by atoms with Gasteiger partial charge in [0.2, 0.25) is 5.95 Å². The Balaban J connectivity index is 1.93. The molecule has 1 aromatic heterocycles. The summed E-state index contributed by atoms with van der Waals surface area (Å²) in [6, 6.07) is 8.97. The Morgan fingerprint density at radius 3 is 2.52 bits per heavy atom. The molecule has 0 bridgehead atoms. The number of carbonyl (C=O) groups is 1. The number of halogens is 1. The van der Waals surface area contributed by atoms with Crippen LogP contribution in [-0.4, -0.2) is 16.9 Å². The van der Waals surface area contributed by atoms with Gasteiger partial charge in [-0.1, -0.05) is 26.8 Å². The van der Waals surface area contributed by atoms with Gasteiger partial charge in [-0.05, 0) is 66.5 Å². The number of benzene rings is 1. The molecule has 1 amide bonds. The molecule has 1 N–H and O–H groups in total. The fourth-order valence-corrected chi connectivity index (χ4v) is 2.73. The average molecular weight is 340 g/mol. The molecular weight excluding hydrogens is 315 g/mol. The summed E-state index contributed by atoms with van der Waals surface area (Å²) in [6.45, 7) is 8.32. The van der Waals surface area contributed by atoms with Gasteiger partial charge < -0.3 is 5.32 Å². The maximum Gasteiger partial charge on any atom is 0.251 e. The van der Waals surface area contributed by atoms with Gasteiger partial charge in [-0.3, -0.25) is 4.79 Å². The van der Waals surface area contributed by atoms with Crippen molar-refractivity contribution in [3.63, 3.8) is 0 Å². The number of aromatic nitrogens is 1. The van der Waals surface area contributed by atoms with E-state index >= 15 is 0 Å². The minimum absolute atomic E-state index is 0.00663. The van der Waals surface area contributed by atoms with Crippen LogP contribution in [0.3, 0.4) is 0 Å². The summed E-state index contributed by atoms with van der Waals surface area (Å²) < 4.78 is 13.2. The first-order valence-electron chi connectivity index (χ1n) is 8.82. The molecule has 0 radical (unpaired) electrons. The molecule has 0 spiro atoms. The van der Waals surface area contributed by atoms with Crippen molar-refractivity contribution in [2.75, 3.05) is 0 Å². The predicted octanol–water partition coefficient (Wildman–Crippen LogP) is 4.93. The summed E-state index contributed by atoms with van der Waals surface area (Å²) in [6.07, 6.45) is 3.86. The van der Waals surface area contributed by atoms with Gasteiger partial charge in [0.15, 0.2) is 0 Å². The molecule has 3 rings (SSSR count). The third-order valence-electron chi connectivity index (χ3n) is 5.02. The summed E-state index contributed by atoms with van der Waals surface area (Å²) in [5.74, 6) is -0.0450. The molecule has 2 aromatic rings. The van der Waals surface area contributed by atoms with E-state index in [0.717, 1.165) is 24.0 Å². The van der Waals surface area contributed by atoms with E-state index in [2.05, 4.69) is 31.1 Å². The van der Waals surface area contributed by atoms with Crippen LogP contribution in [0.25, 0.3) is 11.1 Å². The van der Waals surface area contributed by atoms with Gasteiger partial charge in [0.05, 0.1) is 0 Å². The van der Waals surface area contributed by atoms with Crippen molar-refractivity contribution in [3.05, 3.63) is 53.6 Å². The van der Waals surface area contributed by atoms with Crippen LogP contribution in [0.5, 0.6) is 0 Å². The first-order chi connectivity index (χ1) is 11.8. The van der Waals surface area contributed by atoms with Gasteiger partial charge in [0.1, 0.15) is 0 Å². The highest BCUT2D eigenvalue weighted by Crippen LogP contribution is 2.44. The van der Waals surface area contributed by atoms with Crippen LogP contribution in [0.4, 0.5) is 4.39 Å². The highest BCUT2D eigenvalue weighted by molar-refractivity contribution is 5.96. The van der Waals surface area contributed by atoms with Crippen molar-refractivity contribution in [2.24, 2.45) is 5.41 Å². The van der Waals surface area contributed by atoms with Crippen molar-refractivity contribution in [1.29, 1.82) is 0 Å². The maximum atomic E-state index is 13.2. The molecule has 1 aliphatic carbocycles. The van der Waals surface area contributed by atoms with E-state index in [1.165, 1.54) is 17.8 Å². The zero-order valence-electron chi connectivity index (χ0n) is 15.3. The van der Waals surface area contributed by atoms with E-state index in [1.54, 1.807) is 6.07 Å². The Morgan fingerprint density at radius 2 is 1.96 bits per heavy atom. The number of nitrogens with zero attached hydrogens (tertiary/aromatic N) is 1. The Labute approximate surface area is 148 Å². The number of hydrogen-bond acceptors (Lipinski definition) is 2. The Bertz CT molecular complexity index is 773. The molecule has 0 aliphatic heterocycles. The SMILES string of the molecule is CC(NC(=O)c1ccc(C2CC2)c(-c2ccc(F)nc2)c1)C(C)(C)C. The lowest BCUT2D eigenvalue weighted by atomic mass is 9.88. The second-order valence-electron chi connectivity index (χ2n) is 8.01. The second kappa shape index (κ2) is 6.58. The number of carbonyl (C=O) groups excluding carboxylic acids is 1. The van der Waals surface area contributed by atoms with E-state index in [1.807, 2.05) is 25.1 Å². The molecule has 0 saturated heterocycles. The van der Waals surface area contributed by atoms with Crippen LogP contribution in [0.1, 0.15) is 62.4 Å². The fraction of sp³-hybridized carbons (Fsp3) is 0.429. The Kier molecular flexibility index (Phi) is 4.63. The maximum absolute atomic E-state index is 13.2. The monoisotopic (exact) mass is 340 g/mol. The number of nitrogens with one attached hydrogen (secondary N) is 1. The van der Waals surface area contributed by atoms with Crippen LogP contribution in [0, 0.1) is 11.4 Å². The molecule has 1 fully saturated rings. The van der Waals surface area contributed by atoms with Crippen LogP contribution in [-0.2, 0) is 0 Å². The molecule has 25 heavy (non-hydrogen) atoms. The van der Waals surface area contributed by atoms with Gasteiger partial charge in [0, 0.05) is 23.4 Å². The number of hydrogen-bond donors (Lipinski definition) is 1. The van der Waals surface area contributed by atoms with Gasteiger partial charge in [-0.2, -0.15) is 4.39 Å². The van der Waals surface area contributed by atoms with Crippen molar-refractivity contribution in [3.8, 4) is 11.1 Å². The third-order valence-corrected chi connectivity index (χ3v) is 5.02. The first-order valence-corrected chi connectivity index (χ1v) is 8.82. The molecule has 3 nitrogen and oxygen atoms in total. The van der Waals surface area contributed by atoms with Crippen LogP contribution >= 0.6 is 0 Å². The Morgan fingerprint density at radius 1 is 1.24 bits per heavy atom. The number of amides is 1. The highest BCUT2D eigenvalue weighted by atomic mass is 19.1. The fourth-order valence-electron chi connectivity index (χ4n) is 2.73. The van der Waals surface area contributed by atoms with Crippen molar-refractivity contribution in [1.82, 2.24) is 10.3 Å². The second-order valence-corrected chi connectivity index (χ2v) is 8.01. The van der Waals surface area contributed by atoms with E-state index < -0.39 is 5.95 Å². The van der Waals surface area contributed by atoms with Gasteiger partial charge >= 0.3 is 0 Å². The quantitative estimate of drug-likeness (QED) is 0.802. The zero-order valence-corrected chi connectivity index (χ0v) is 15.3. The van der Waals surface area contributed by atoms with Crippen molar-refractivity contribution < 1.29 is 9.18 Å². The van der Waals surface area contributed by atoms with Crippen LogP contribution < -0.4 is 5.32 Å². The minimum atomic E-state index is -0.496. The van der Waals surface area contributed by atoms with E-state index in [-0.39, 0.29) is 17.4 Å². The number of pyridine rings is 1. The normalized spacial score (nSPS) is 15.7. The molecule has 1 aromatic carbocycles. The Hall–Kier alpha value is -2.23. The molecular formula is C21H25FN2O. The van der Waals surface area contributed by atoms with Crippen molar-refractivity contribution >= 4 is 5.91 Å².